The highest BCUT2D eigenvalue weighted by molar-refractivity contribution is 7.09. The summed E-state index contributed by atoms with van der Waals surface area (Å²) in [6.45, 7) is 3.17. The predicted octanol–water partition coefficient (Wildman–Crippen LogP) is 2.62. The molecule has 0 spiro atoms. The van der Waals surface area contributed by atoms with E-state index in [-0.39, 0.29) is 5.60 Å². The fourth-order valence-corrected chi connectivity index (χ4v) is 3.28. The molecule has 0 bridgehead atoms. The van der Waals surface area contributed by atoms with Gasteiger partial charge < -0.3 is 10.1 Å². The predicted molar refractivity (Wildman–Crippen MR) is 71.5 cm³/mol. The number of likely N-dealkylation sites (N-methyl/N-ethyl adjacent to an activating group) is 1. The van der Waals surface area contributed by atoms with Crippen LogP contribution in [0.15, 0.2) is 11.6 Å². The summed E-state index contributed by atoms with van der Waals surface area (Å²) in [6.07, 6.45) is 7.75. The Morgan fingerprint density at radius 3 is 2.88 bits per heavy atom. The lowest BCUT2D eigenvalue weighted by Crippen LogP contribution is -2.46. The van der Waals surface area contributed by atoms with E-state index in [0.29, 0.717) is 6.04 Å². The Balaban J connectivity index is 1.92. The van der Waals surface area contributed by atoms with Gasteiger partial charge in [-0.15, -0.1) is 11.3 Å². The Morgan fingerprint density at radius 2 is 2.41 bits per heavy atom. The van der Waals surface area contributed by atoms with E-state index in [0.717, 1.165) is 19.4 Å². The Labute approximate surface area is 108 Å². The maximum absolute atomic E-state index is 5.71. The van der Waals surface area contributed by atoms with Gasteiger partial charge in [0, 0.05) is 31.1 Å². The number of ether oxygens (including phenoxy) is 1. The van der Waals surface area contributed by atoms with Crippen LogP contribution in [0.2, 0.25) is 0 Å². The maximum atomic E-state index is 5.71. The second-order valence-corrected chi connectivity index (χ2v) is 5.81. The van der Waals surface area contributed by atoms with Gasteiger partial charge in [0.1, 0.15) is 0 Å². The van der Waals surface area contributed by atoms with Gasteiger partial charge in [-0.05, 0) is 32.2 Å². The number of nitrogens with zero attached hydrogens (tertiary/aromatic N) is 1. The molecule has 0 aromatic carbocycles. The van der Waals surface area contributed by atoms with Gasteiger partial charge in [-0.3, -0.25) is 0 Å². The molecule has 4 heteroatoms. The van der Waals surface area contributed by atoms with Crippen LogP contribution in [-0.4, -0.2) is 30.3 Å². The second kappa shape index (κ2) is 5.94. The summed E-state index contributed by atoms with van der Waals surface area (Å²) in [4.78, 5) is 4.38. The standard InChI is InChI=1S/C13H22N2OS/c1-3-14-11(9-12-15-7-8-17-12)10-13(16-2)5-4-6-13/h7-8,11,14H,3-6,9-10H2,1-2H3. The van der Waals surface area contributed by atoms with Gasteiger partial charge in [-0.25, -0.2) is 4.98 Å². The molecule has 2 rings (SSSR count). The number of rotatable bonds is 7. The molecule has 3 nitrogen and oxygen atoms in total. The number of methoxy groups -OCH3 is 1. The van der Waals surface area contributed by atoms with Gasteiger partial charge >= 0.3 is 0 Å². The average molecular weight is 254 g/mol. The normalized spacial score (nSPS) is 19.9. The van der Waals surface area contributed by atoms with Crippen molar-refractivity contribution in [3.63, 3.8) is 0 Å². The number of hydrogen-bond acceptors (Lipinski definition) is 4. The second-order valence-electron chi connectivity index (χ2n) is 4.83. The molecule has 1 aliphatic carbocycles. The first-order chi connectivity index (χ1) is 8.28. The molecule has 1 aromatic heterocycles. The molecule has 0 aliphatic heterocycles. The fourth-order valence-electron chi connectivity index (χ4n) is 2.58. The van der Waals surface area contributed by atoms with E-state index in [1.54, 1.807) is 11.3 Å². The SMILES string of the molecule is CCNC(Cc1nccs1)CC1(OC)CCC1. The van der Waals surface area contributed by atoms with Gasteiger partial charge in [-0.1, -0.05) is 6.92 Å². The quantitative estimate of drug-likeness (QED) is 0.812. The van der Waals surface area contributed by atoms with Crippen LogP contribution in [-0.2, 0) is 11.2 Å². The molecule has 1 fully saturated rings. The van der Waals surface area contributed by atoms with Crippen molar-refractivity contribution in [3.8, 4) is 0 Å². The van der Waals surface area contributed by atoms with Crippen LogP contribution in [0, 0.1) is 0 Å². The van der Waals surface area contributed by atoms with E-state index in [9.17, 15) is 0 Å². The summed E-state index contributed by atoms with van der Waals surface area (Å²) >= 11 is 1.74. The third-order valence-corrected chi connectivity index (χ3v) is 4.52. The van der Waals surface area contributed by atoms with Crippen molar-refractivity contribution < 1.29 is 4.74 Å². The van der Waals surface area contributed by atoms with Crippen LogP contribution in [0.5, 0.6) is 0 Å². The van der Waals surface area contributed by atoms with E-state index >= 15 is 0 Å². The molecular formula is C13H22N2OS. The third-order valence-electron chi connectivity index (χ3n) is 3.71. The van der Waals surface area contributed by atoms with Crippen molar-refractivity contribution >= 4 is 11.3 Å². The topological polar surface area (TPSA) is 34.2 Å². The summed E-state index contributed by atoms with van der Waals surface area (Å²) in [6, 6.07) is 0.492. The monoisotopic (exact) mass is 254 g/mol. The first-order valence-corrected chi connectivity index (χ1v) is 7.33. The van der Waals surface area contributed by atoms with Crippen molar-refractivity contribution in [1.82, 2.24) is 10.3 Å². The molecule has 1 aromatic rings. The minimum Gasteiger partial charge on any atom is -0.378 e. The van der Waals surface area contributed by atoms with Crippen LogP contribution in [0.25, 0.3) is 0 Å². The molecule has 1 aliphatic rings. The van der Waals surface area contributed by atoms with Gasteiger partial charge in [0.2, 0.25) is 0 Å². The summed E-state index contributed by atoms with van der Waals surface area (Å²) in [7, 11) is 1.85. The van der Waals surface area contributed by atoms with Gasteiger partial charge in [0.15, 0.2) is 0 Å². The molecule has 1 unspecified atom stereocenters. The molecule has 1 saturated carbocycles. The van der Waals surface area contributed by atoms with Crippen molar-refractivity contribution in [2.75, 3.05) is 13.7 Å². The summed E-state index contributed by atoms with van der Waals surface area (Å²) in [5.41, 5.74) is 0.143. The smallest absolute Gasteiger partial charge is 0.0940 e. The van der Waals surface area contributed by atoms with Gasteiger partial charge in [0.05, 0.1) is 10.6 Å². The number of thiazole rings is 1. The van der Waals surface area contributed by atoms with E-state index in [4.69, 9.17) is 4.74 Å². The molecule has 0 amide bonds. The van der Waals surface area contributed by atoms with Crippen molar-refractivity contribution in [2.45, 2.75) is 50.7 Å². The van der Waals surface area contributed by atoms with Crippen LogP contribution >= 0.6 is 11.3 Å². The Bertz CT molecular complexity index is 317. The van der Waals surface area contributed by atoms with Crippen LogP contribution in [0.1, 0.15) is 37.6 Å². The maximum Gasteiger partial charge on any atom is 0.0940 e. The molecule has 0 radical (unpaired) electrons. The molecule has 1 heterocycles. The highest BCUT2D eigenvalue weighted by Crippen LogP contribution is 2.39. The lowest BCUT2D eigenvalue weighted by molar-refractivity contribution is -0.0833. The van der Waals surface area contributed by atoms with Crippen LogP contribution in [0.3, 0.4) is 0 Å². The zero-order chi connectivity index (χ0) is 12.1. The average Bonchev–Trinajstić information content (AvgIpc) is 2.76. The summed E-state index contributed by atoms with van der Waals surface area (Å²) < 4.78 is 5.71. The molecule has 96 valence electrons. The highest BCUT2D eigenvalue weighted by Gasteiger charge is 2.38. The van der Waals surface area contributed by atoms with E-state index in [1.165, 1.54) is 24.3 Å². The van der Waals surface area contributed by atoms with E-state index in [1.807, 2.05) is 18.7 Å². The Morgan fingerprint density at radius 1 is 1.59 bits per heavy atom. The lowest BCUT2D eigenvalue weighted by Gasteiger charge is -2.43. The third kappa shape index (κ3) is 3.27. The zero-order valence-corrected chi connectivity index (χ0v) is 11.6. The largest absolute Gasteiger partial charge is 0.378 e. The van der Waals surface area contributed by atoms with Crippen molar-refractivity contribution in [2.24, 2.45) is 0 Å². The first kappa shape index (κ1) is 13.0. The minimum atomic E-state index is 0.143. The molecule has 17 heavy (non-hydrogen) atoms. The fraction of sp³-hybridized carbons (Fsp3) is 0.769. The molecule has 1 atom stereocenters. The number of hydrogen-bond donors (Lipinski definition) is 1. The summed E-state index contributed by atoms with van der Waals surface area (Å²) in [5.74, 6) is 0. The van der Waals surface area contributed by atoms with Crippen LogP contribution in [0.4, 0.5) is 0 Å². The molecule has 0 saturated heterocycles. The van der Waals surface area contributed by atoms with Crippen LogP contribution < -0.4 is 5.32 Å². The molecular weight excluding hydrogens is 232 g/mol. The van der Waals surface area contributed by atoms with Gasteiger partial charge in [-0.2, -0.15) is 0 Å². The Kier molecular flexibility index (Phi) is 4.54. The highest BCUT2D eigenvalue weighted by atomic mass is 32.1. The first-order valence-electron chi connectivity index (χ1n) is 6.45. The lowest BCUT2D eigenvalue weighted by atomic mass is 9.75. The van der Waals surface area contributed by atoms with E-state index in [2.05, 4.69) is 17.2 Å². The zero-order valence-electron chi connectivity index (χ0n) is 10.7. The molecule has 1 N–H and O–H groups in total. The minimum absolute atomic E-state index is 0.143. The van der Waals surface area contributed by atoms with E-state index < -0.39 is 0 Å². The number of aromatic nitrogens is 1. The summed E-state index contributed by atoms with van der Waals surface area (Å²) in [5, 5.41) is 6.84. The Hall–Kier alpha value is -0.450. The van der Waals surface area contributed by atoms with Crippen molar-refractivity contribution in [1.29, 1.82) is 0 Å². The van der Waals surface area contributed by atoms with Crippen molar-refractivity contribution in [3.05, 3.63) is 16.6 Å². The van der Waals surface area contributed by atoms with Gasteiger partial charge in [0.25, 0.3) is 0 Å². The number of nitrogens with one attached hydrogen (secondary N) is 1.